The molecule has 1 aliphatic heterocycles. The van der Waals surface area contributed by atoms with Gasteiger partial charge in [0.25, 0.3) is 5.91 Å². The average Bonchev–Trinajstić information content (AvgIpc) is 2.81. The predicted molar refractivity (Wildman–Crippen MR) is 123 cm³/mol. The number of hydrogen-bond donors (Lipinski definition) is 1. The second-order valence-electron chi connectivity index (χ2n) is 7.44. The molecule has 1 N–H and O–H groups in total. The number of nitrogens with one attached hydrogen (secondary N) is 1. The lowest BCUT2D eigenvalue weighted by Gasteiger charge is -2.36. The van der Waals surface area contributed by atoms with Gasteiger partial charge in [0, 0.05) is 37.3 Å². The number of benzene rings is 2. The van der Waals surface area contributed by atoms with Crippen molar-refractivity contribution in [1.82, 2.24) is 9.62 Å². The van der Waals surface area contributed by atoms with Gasteiger partial charge in [-0.15, -0.1) is 0 Å². The van der Waals surface area contributed by atoms with Crippen molar-refractivity contribution in [2.24, 2.45) is 0 Å². The molecule has 0 saturated carbocycles. The quantitative estimate of drug-likeness (QED) is 0.607. The summed E-state index contributed by atoms with van der Waals surface area (Å²) in [5, 5.41) is 0.988. The summed E-state index contributed by atoms with van der Waals surface area (Å²) in [6.07, 6.45) is 1.44. The van der Waals surface area contributed by atoms with Crippen LogP contribution in [-0.4, -0.2) is 64.5 Å². The summed E-state index contributed by atoms with van der Waals surface area (Å²) < 4.78 is 31.1. The minimum absolute atomic E-state index is 0.298. The van der Waals surface area contributed by atoms with E-state index in [-0.39, 0.29) is 5.91 Å². The molecule has 1 heterocycles. The van der Waals surface area contributed by atoms with E-state index < -0.39 is 29.1 Å². The fraction of sp³-hybridized carbons (Fsp3) is 0.304. The normalized spacial score (nSPS) is 14.5. The Hall–Kier alpha value is -3.17. The molecule has 0 aliphatic carbocycles. The molecule has 0 bridgehead atoms. The number of anilines is 1. The van der Waals surface area contributed by atoms with Crippen LogP contribution in [0.2, 0.25) is 0 Å². The summed E-state index contributed by atoms with van der Waals surface area (Å²) in [5.74, 6) is -1.11. The van der Waals surface area contributed by atoms with Gasteiger partial charge in [0.1, 0.15) is 6.54 Å². The van der Waals surface area contributed by atoms with Gasteiger partial charge >= 0.3 is 5.97 Å². The lowest BCUT2D eigenvalue weighted by Crippen LogP contribution is -2.50. The number of amides is 1. The van der Waals surface area contributed by atoms with E-state index in [0.717, 1.165) is 22.2 Å². The highest BCUT2D eigenvalue weighted by Gasteiger charge is 2.22. The Kier molecular flexibility index (Phi) is 8.02. The molecule has 0 unspecified atom stereocenters. The lowest BCUT2D eigenvalue weighted by molar-refractivity contribution is -0.151. The molecule has 3 rings (SSSR count). The Labute approximate surface area is 188 Å². The maximum atomic E-state index is 12.3. The third kappa shape index (κ3) is 7.21. The minimum Gasteiger partial charge on any atom is -0.455 e. The molecule has 0 atom stereocenters. The van der Waals surface area contributed by atoms with Crippen molar-refractivity contribution >= 4 is 33.7 Å². The summed E-state index contributed by atoms with van der Waals surface area (Å²) in [7, 11) is -3.81. The van der Waals surface area contributed by atoms with Crippen LogP contribution >= 0.6 is 0 Å². The number of nitrogens with zero attached hydrogens (tertiary/aromatic N) is 2. The first kappa shape index (κ1) is 23.5. The standard InChI is InChI=1S/C23H27N3O5S/c1-19-7-9-20(10-8-19)11-16-32(29,30)24-17-23(28)31-18-22(27)26-14-12-25(13-15-26)21-5-3-2-4-6-21/h2-11,16,24H,12-15,17-18H2,1H3/b16-11+. The molecule has 0 aromatic heterocycles. The maximum absolute atomic E-state index is 12.3. The van der Waals surface area contributed by atoms with Crippen molar-refractivity contribution in [3.05, 3.63) is 71.1 Å². The number of carbonyl (C=O) groups is 2. The molecule has 0 spiro atoms. The predicted octanol–water partition coefficient (Wildman–Crippen LogP) is 1.78. The number of piperazine rings is 1. The van der Waals surface area contributed by atoms with Crippen LogP contribution in [0.1, 0.15) is 11.1 Å². The van der Waals surface area contributed by atoms with Crippen molar-refractivity contribution in [1.29, 1.82) is 0 Å². The SMILES string of the molecule is Cc1ccc(/C=C/S(=O)(=O)NCC(=O)OCC(=O)N2CCN(c3ccccc3)CC2)cc1. The molecule has 9 heteroatoms. The van der Waals surface area contributed by atoms with E-state index in [1.165, 1.54) is 6.08 Å². The second-order valence-corrected chi connectivity index (χ2v) is 9.09. The third-order valence-electron chi connectivity index (χ3n) is 5.05. The lowest BCUT2D eigenvalue weighted by atomic mass is 10.2. The Bertz CT molecular complexity index is 1040. The molecule has 1 saturated heterocycles. The van der Waals surface area contributed by atoms with Crippen LogP contribution in [0.15, 0.2) is 60.0 Å². The van der Waals surface area contributed by atoms with Crippen molar-refractivity contribution in [2.45, 2.75) is 6.92 Å². The van der Waals surface area contributed by atoms with E-state index in [1.807, 2.05) is 49.4 Å². The van der Waals surface area contributed by atoms with Gasteiger partial charge in [0.15, 0.2) is 6.61 Å². The number of rotatable bonds is 8. The molecule has 2 aromatic rings. The van der Waals surface area contributed by atoms with Gasteiger partial charge in [-0.1, -0.05) is 48.0 Å². The molecule has 0 radical (unpaired) electrons. The topological polar surface area (TPSA) is 96.0 Å². The number of sulfonamides is 1. The molecule has 1 fully saturated rings. The molecule has 8 nitrogen and oxygen atoms in total. The molecule has 170 valence electrons. The van der Waals surface area contributed by atoms with Crippen molar-refractivity contribution in [3.8, 4) is 0 Å². The zero-order valence-electron chi connectivity index (χ0n) is 17.9. The van der Waals surface area contributed by atoms with Gasteiger partial charge in [-0.3, -0.25) is 9.59 Å². The second kappa shape index (κ2) is 10.9. The number of para-hydroxylation sites is 1. The fourth-order valence-corrected chi connectivity index (χ4v) is 3.94. The van der Waals surface area contributed by atoms with E-state index in [1.54, 1.807) is 17.0 Å². The Morgan fingerprint density at radius 1 is 1.00 bits per heavy atom. The van der Waals surface area contributed by atoms with E-state index in [4.69, 9.17) is 4.74 Å². The van der Waals surface area contributed by atoms with Crippen molar-refractivity contribution < 1.29 is 22.7 Å². The summed E-state index contributed by atoms with van der Waals surface area (Å²) in [5.41, 5.74) is 2.90. The van der Waals surface area contributed by atoms with E-state index in [0.29, 0.717) is 26.2 Å². The first-order chi connectivity index (χ1) is 15.3. The van der Waals surface area contributed by atoms with E-state index in [2.05, 4.69) is 9.62 Å². The smallest absolute Gasteiger partial charge is 0.321 e. The first-order valence-corrected chi connectivity index (χ1v) is 11.8. The monoisotopic (exact) mass is 457 g/mol. The molecule has 32 heavy (non-hydrogen) atoms. The molecule has 2 aromatic carbocycles. The maximum Gasteiger partial charge on any atom is 0.321 e. The average molecular weight is 458 g/mol. The van der Waals surface area contributed by atoms with E-state index >= 15 is 0 Å². The van der Waals surface area contributed by atoms with Gasteiger partial charge in [-0.05, 0) is 30.7 Å². The molecule has 1 aliphatic rings. The van der Waals surface area contributed by atoms with Gasteiger partial charge in [0.05, 0.1) is 0 Å². The number of carbonyl (C=O) groups excluding carboxylic acids is 2. The third-order valence-corrected chi connectivity index (χ3v) is 6.09. The van der Waals surface area contributed by atoms with Crippen LogP contribution in [0.5, 0.6) is 0 Å². The first-order valence-electron chi connectivity index (χ1n) is 10.3. The van der Waals surface area contributed by atoms with Gasteiger partial charge in [-0.25, -0.2) is 13.1 Å². The van der Waals surface area contributed by atoms with Crippen LogP contribution < -0.4 is 9.62 Å². The zero-order valence-corrected chi connectivity index (χ0v) is 18.8. The number of aryl methyl sites for hydroxylation is 1. The number of esters is 1. The summed E-state index contributed by atoms with van der Waals surface area (Å²) >= 11 is 0. The van der Waals surface area contributed by atoms with Crippen LogP contribution in [0, 0.1) is 6.92 Å². The molecular weight excluding hydrogens is 430 g/mol. The number of hydrogen-bond acceptors (Lipinski definition) is 6. The van der Waals surface area contributed by atoms with Crippen LogP contribution in [0.4, 0.5) is 5.69 Å². The van der Waals surface area contributed by atoms with Gasteiger partial charge in [-0.2, -0.15) is 0 Å². The summed E-state index contributed by atoms with van der Waals surface area (Å²) in [6, 6.07) is 17.3. The zero-order chi connectivity index (χ0) is 23.0. The van der Waals surface area contributed by atoms with Gasteiger partial charge in [0.2, 0.25) is 10.0 Å². The Morgan fingerprint density at radius 3 is 2.31 bits per heavy atom. The highest BCUT2D eigenvalue weighted by molar-refractivity contribution is 7.92. The molecule has 1 amide bonds. The highest BCUT2D eigenvalue weighted by Crippen LogP contribution is 2.15. The molecular formula is C23H27N3O5S. The largest absolute Gasteiger partial charge is 0.455 e. The Morgan fingerprint density at radius 2 is 1.66 bits per heavy atom. The minimum atomic E-state index is -3.81. The number of ether oxygens (including phenoxy) is 1. The fourth-order valence-electron chi connectivity index (χ4n) is 3.19. The van der Waals surface area contributed by atoms with E-state index in [9.17, 15) is 18.0 Å². The van der Waals surface area contributed by atoms with Crippen LogP contribution in [0.3, 0.4) is 0 Å². The van der Waals surface area contributed by atoms with Crippen LogP contribution in [0.25, 0.3) is 6.08 Å². The van der Waals surface area contributed by atoms with Gasteiger partial charge < -0.3 is 14.5 Å². The van der Waals surface area contributed by atoms with Crippen LogP contribution in [-0.2, 0) is 24.3 Å². The summed E-state index contributed by atoms with van der Waals surface area (Å²) in [4.78, 5) is 28.0. The summed E-state index contributed by atoms with van der Waals surface area (Å²) in [6.45, 7) is 3.42. The van der Waals surface area contributed by atoms with Crippen molar-refractivity contribution in [3.63, 3.8) is 0 Å². The van der Waals surface area contributed by atoms with Crippen molar-refractivity contribution in [2.75, 3.05) is 44.2 Å². The Balaban J connectivity index is 1.38. The highest BCUT2D eigenvalue weighted by atomic mass is 32.2.